The first kappa shape index (κ1) is 16.2. The summed E-state index contributed by atoms with van der Waals surface area (Å²) < 4.78 is 0. The molecule has 0 spiro atoms. The molecule has 0 bridgehead atoms. The SMILES string of the molecule is C=CCC1(C(=O)O)CCN(Cc2ccc(C3CCC3)cn2)CC1. The maximum Gasteiger partial charge on any atom is 0.310 e. The number of aliphatic carboxylic acids is 1. The van der Waals surface area contributed by atoms with Gasteiger partial charge in [0, 0.05) is 12.7 Å². The number of carboxylic acids is 1. The van der Waals surface area contributed by atoms with E-state index in [0.29, 0.717) is 19.3 Å². The minimum atomic E-state index is -0.681. The van der Waals surface area contributed by atoms with E-state index in [-0.39, 0.29) is 0 Å². The van der Waals surface area contributed by atoms with Crippen molar-refractivity contribution in [3.63, 3.8) is 0 Å². The van der Waals surface area contributed by atoms with E-state index < -0.39 is 11.4 Å². The van der Waals surface area contributed by atoms with Crippen molar-refractivity contribution < 1.29 is 9.90 Å². The van der Waals surface area contributed by atoms with Crippen molar-refractivity contribution >= 4 is 5.97 Å². The van der Waals surface area contributed by atoms with Crippen LogP contribution in [0.3, 0.4) is 0 Å². The number of aromatic nitrogens is 1. The van der Waals surface area contributed by atoms with Crippen molar-refractivity contribution in [1.82, 2.24) is 9.88 Å². The molecule has 1 saturated carbocycles. The maximum atomic E-state index is 11.6. The Morgan fingerprint density at radius 3 is 2.61 bits per heavy atom. The molecule has 1 N–H and O–H groups in total. The van der Waals surface area contributed by atoms with E-state index >= 15 is 0 Å². The second-order valence-electron chi connectivity index (χ2n) is 7.07. The van der Waals surface area contributed by atoms with E-state index in [1.165, 1.54) is 24.8 Å². The van der Waals surface area contributed by atoms with E-state index in [4.69, 9.17) is 0 Å². The largest absolute Gasteiger partial charge is 0.481 e. The molecular formula is C19H26N2O2. The number of likely N-dealkylation sites (tertiary alicyclic amines) is 1. The summed E-state index contributed by atoms with van der Waals surface area (Å²) in [5.74, 6) is 0.0432. The lowest BCUT2D eigenvalue weighted by Gasteiger charge is -2.38. The summed E-state index contributed by atoms with van der Waals surface area (Å²) in [6.45, 7) is 6.15. The highest BCUT2D eigenvalue weighted by Crippen LogP contribution is 2.37. The summed E-state index contributed by atoms with van der Waals surface area (Å²) >= 11 is 0. The Balaban J connectivity index is 1.55. The number of carbonyl (C=O) groups is 1. The van der Waals surface area contributed by atoms with Gasteiger partial charge in [-0.05, 0) is 62.7 Å². The number of rotatable bonds is 6. The van der Waals surface area contributed by atoms with Gasteiger partial charge in [0.15, 0.2) is 0 Å². The molecule has 0 atom stereocenters. The van der Waals surface area contributed by atoms with Gasteiger partial charge in [-0.15, -0.1) is 6.58 Å². The summed E-state index contributed by atoms with van der Waals surface area (Å²) in [6, 6.07) is 4.35. The lowest BCUT2D eigenvalue weighted by molar-refractivity contribution is -0.152. The van der Waals surface area contributed by atoms with E-state index in [2.05, 4.69) is 28.6 Å². The van der Waals surface area contributed by atoms with E-state index in [1.54, 1.807) is 6.08 Å². The average Bonchev–Trinajstić information content (AvgIpc) is 2.49. The number of piperidine rings is 1. The van der Waals surface area contributed by atoms with Gasteiger partial charge >= 0.3 is 5.97 Å². The van der Waals surface area contributed by atoms with Crippen LogP contribution in [0.4, 0.5) is 0 Å². The number of nitrogens with zero attached hydrogens (tertiary/aromatic N) is 2. The fourth-order valence-electron chi connectivity index (χ4n) is 3.66. The van der Waals surface area contributed by atoms with Crippen molar-refractivity contribution in [2.75, 3.05) is 13.1 Å². The highest BCUT2D eigenvalue weighted by atomic mass is 16.4. The molecule has 0 radical (unpaired) electrons. The van der Waals surface area contributed by atoms with Crippen molar-refractivity contribution in [3.8, 4) is 0 Å². The van der Waals surface area contributed by atoms with E-state index in [0.717, 1.165) is 31.2 Å². The smallest absolute Gasteiger partial charge is 0.310 e. The van der Waals surface area contributed by atoms with E-state index in [1.807, 2.05) is 6.20 Å². The van der Waals surface area contributed by atoms with Gasteiger partial charge in [0.1, 0.15) is 0 Å². The zero-order chi connectivity index (χ0) is 16.3. The summed E-state index contributed by atoms with van der Waals surface area (Å²) in [4.78, 5) is 18.5. The van der Waals surface area contributed by atoms with Crippen molar-refractivity contribution in [2.45, 2.75) is 51.0 Å². The number of hydrogen-bond donors (Lipinski definition) is 1. The number of carboxylic acid groups (broad SMARTS) is 1. The molecule has 2 heterocycles. The Labute approximate surface area is 138 Å². The zero-order valence-electron chi connectivity index (χ0n) is 13.7. The number of hydrogen-bond acceptors (Lipinski definition) is 3. The molecule has 0 aromatic carbocycles. The van der Waals surface area contributed by atoms with Gasteiger partial charge in [0.25, 0.3) is 0 Å². The fourth-order valence-corrected chi connectivity index (χ4v) is 3.66. The van der Waals surface area contributed by atoms with Gasteiger partial charge in [-0.2, -0.15) is 0 Å². The quantitative estimate of drug-likeness (QED) is 0.815. The molecule has 1 aliphatic carbocycles. The van der Waals surface area contributed by atoms with Gasteiger partial charge in [0.05, 0.1) is 11.1 Å². The third-order valence-corrected chi connectivity index (χ3v) is 5.61. The lowest BCUT2D eigenvalue weighted by Crippen LogP contribution is -2.43. The van der Waals surface area contributed by atoms with Crippen molar-refractivity contribution in [2.24, 2.45) is 5.41 Å². The Bertz CT molecular complexity index is 555. The van der Waals surface area contributed by atoms with Gasteiger partial charge in [-0.25, -0.2) is 0 Å². The first-order chi connectivity index (χ1) is 11.1. The topological polar surface area (TPSA) is 53.4 Å². The normalized spacial score (nSPS) is 21.6. The standard InChI is InChI=1S/C19H26N2O2/c1-2-8-19(18(22)23)9-11-21(12-10-19)14-17-7-6-16(13-20-17)15-4-3-5-15/h2,6-7,13,15H,1,3-5,8-12,14H2,(H,22,23). The molecule has 2 aliphatic rings. The predicted octanol–water partition coefficient (Wildman–Crippen LogP) is 3.59. The molecule has 23 heavy (non-hydrogen) atoms. The molecule has 2 fully saturated rings. The number of allylic oxidation sites excluding steroid dienone is 1. The summed E-state index contributed by atoms with van der Waals surface area (Å²) in [7, 11) is 0. The molecule has 1 aliphatic heterocycles. The molecule has 1 aromatic heterocycles. The minimum absolute atomic E-state index is 0.560. The van der Waals surface area contributed by atoms with Crippen LogP contribution in [0.5, 0.6) is 0 Å². The summed E-state index contributed by atoms with van der Waals surface area (Å²) in [6.07, 6.45) is 9.65. The zero-order valence-corrected chi connectivity index (χ0v) is 13.7. The molecule has 4 nitrogen and oxygen atoms in total. The predicted molar refractivity (Wildman–Crippen MR) is 90.2 cm³/mol. The fraction of sp³-hybridized carbons (Fsp3) is 0.579. The minimum Gasteiger partial charge on any atom is -0.481 e. The van der Waals surface area contributed by atoms with Crippen molar-refractivity contribution in [3.05, 3.63) is 42.2 Å². The maximum absolute atomic E-state index is 11.6. The van der Waals surface area contributed by atoms with Gasteiger partial charge in [0.2, 0.25) is 0 Å². The average molecular weight is 314 g/mol. The van der Waals surface area contributed by atoms with Crippen LogP contribution >= 0.6 is 0 Å². The number of pyridine rings is 1. The third kappa shape index (κ3) is 3.47. The summed E-state index contributed by atoms with van der Waals surface area (Å²) in [5, 5.41) is 9.53. The van der Waals surface area contributed by atoms with Crippen LogP contribution in [0.15, 0.2) is 31.0 Å². The highest BCUT2D eigenvalue weighted by molar-refractivity contribution is 5.75. The molecule has 0 unspecified atom stereocenters. The second kappa shape index (κ2) is 6.83. The summed E-state index contributed by atoms with van der Waals surface area (Å²) in [5.41, 5.74) is 1.84. The van der Waals surface area contributed by atoms with Crippen LogP contribution in [0.1, 0.15) is 55.7 Å². The second-order valence-corrected chi connectivity index (χ2v) is 7.07. The van der Waals surface area contributed by atoms with Crippen LogP contribution in [0, 0.1) is 5.41 Å². The van der Waals surface area contributed by atoms with Crippen LogP contribution in [0.25, 0.3) is 0 Å². The Morgan fingerprint density at radius 1 is 1.39 bits per heavy atom. The van der Waals surface area contributed by atoms with Gasteiger partial charge in [-0.3, -0.25) is 14.7 Å². The third-order valence-electron chi connectivity index (χ3n) is 5.61. The van der Waals surface area contributed by atoms with Gasteiger partial charge < -0.3 is 5.11 Å². The first-order valence-electron chi connectivity index (χ1n) is 8.64. The molecule has 1 aromatic rings. The Morgan fingerprint density at radius 2 is 2.13 bits per heavy atom. The van der Waals surface area contributed by atoms with Gasteiger partial charge in [-0.1, -0.05) is 18.6 Å². The van der Waals surface area contributed by atoms with Crippen molar-refractivity contribution in [1.29, 1.82) is 0 Å². The molecule has 4 heteroatoms. The molecule has 3 rings (SSSR count). The first-order valence-corrected chi connectivity index (χ1v) is 8.64. The van der Waals surface area contributed by atoms with Crippen LogP contribution < -0.4 is 0 Å². The van der Waals surface area contributed by atoms with E-state index in [9.17, 15) is 9.90 Å². The highest BCUT2D eigenvalue weighted by Gasteiger charge is 2.40. The molecular weight excluding hydrogens is 288 g/mol. The Hall–Kier alpha value is -1.68. The van der Waals surface area contributed by atoms with Crippen LogP contribution in [0.2, 0.25) is 0 Å². The Kier molecular flexibility index (Phi) is 4.81. The van der Waals surface area contributed by atoms with Crippen LogP contribution in [-0.4, -0.2) is 34.0 Å². The molecule has 1 saturated heterocycles. The van der Waals surface area contributed by atoms with Crippen LogP contribution in [-0.2, 0) is 11.3 Å². The lowest BCUT2D eigenvalue weighted by atomic mass is 9.75. The molecule has 0 amide bonds. The monoisotopic (exact) mass is 314 g/mol. The molecule has 124 valence electrons.